The van der Waals surface area contributed by atoms with Crippen molar-refractivity contribution in [3.05, 3.63) is 24.3 Å². The summed E-state index contributed by atoms with van der Waals surface area (Å²) in [6.45, 7) is 5.00. The molecule has 2 fully saturated rings. The number of fused-ring (bicyclic) bond motifs is 2. The van der Waals surface area contributed by atoms with Crippen LogP contribution in [0.2, 0.25) is 0 Å². The maximum atomic E-state index is 5.66. The van der Waals surface area contributed by atoms with E-state index in [0.717, 1.165) is 11.7 Å². The summed E-state index contributed by atoms with van der Waals surface area (Å²) in [5.41, 5.74) is 1.17. The fraction of sp³-hybridized carbons (Fsp3) is 0.625. The van der Waals surface area contributed by atoms with Crippen molar-refractivity contribution in [2.75, 3.05) is 45.3 Å². The third-order valence-corrected chi connectivity index (χ3v) is 4.38. The van der Waals surface area contributed by atoms with Crippen molar-refractivity contribution in [2.24, 2.45) is 5.92 Å². The minimum absolute atomic E-state index is 0.598. The Hall–Kier alpha value is -1.26. The Morgan fingerprint density at radius 3 is 3.05 bits per heavy atom. The molecule has 0 amide bonds. The maximum absolute atomic E-state index is 5.66. The first kappa shape index (κ1) is 13.7. The van der Waals surface area contributed by atoms with Gasteiger partial charge >= 0.3 is 0 Å². The Morgan fingerprint density at radius 1 is 1.25 bits per heavy atom. The van der Waals surface area contributed by atoms with Gasteiger partial charge in [0, 0.05) is 38.0 Å². The molecule has 20 heavy (non-hydrogen) atoms. The van der Waals surface area contributed by atoms with Gasteiger partial charge in [-0.3, -0.25) is 0 Å². The van der Waals surface area contributed by atoms with Gasteiger partial charge in [0.05, 0.1) is 6.61 Å². The van der Waals surface area contributed by atoms with Crippen LogP contribution in [-0.4, -0.2) is 50.9 Å². The molecule has 3 rings (SSSR count). The first-order valence-electron chi connectivity index (χ1n) is 7.56. The van der Waals surface area contributed by atoms with Crippen LogP contribution in [0.4, 0.5) is 5.69 Å². The van der Waals surface area contributed by atoms with Crippen molar-refractivity contribution < 1.29 is 9.47 Å². The topological polar surface area (TPSA) is 33.7 Å². The molecule has 2 heterocycles. The van der Waals surface area contributed by atoms with Crippen LogP contribution in [0.25, 0.3) is 0 Å². The summed E-state index contributed by atoms with van der Waals surface area (Å²) in [5.74, 6) is 1.72. The molecule has 1 aromatic rings. The molecular formula is C16H24N2O2. The molecule has 4 heteroatoms. The Labute approximate surface area is 121 Å². The number of anilines is 1. The van der Waals surface area contributed by atoms with E-state index in [2.05, 4.69) is 22.3 Å². The molecule has 2 bridgehead atoms. The molecule has 0 saturated carbocycles. The predicted octanol–water partition coefficient (Wildman–Crippen LogP) is 2.22. The molecular weight excluding hydrogens is 252 g/mol. The summed E-state index contributed by atoms with van der Waals surface area (Å²) in [5, 5.41) is 3.70. The van der Waals surface area contributed by atoms with Gasteiger partial charge < -0.3 is 19.7 Å². The third kappa shape index (κ3) is 3.25. The van der Waals surface area contributed by atoms with Crippen LogP contribution in [0.1, 0.15) is 12.8 Å². The van der Waals surface area contributed by atoms with E-state index in [9.17, 15) is 0 Å². The number of nitrogens with zero attached hydrogens (tertiary/aromatic N) is 1. The van der Waals surface area contributed by atoms with Crippen LogP contribution >= 0.6 is 0 Å². The van der Waals surface area contributed by atoms with Gasteiger partial charge in [-0.2, -0.15) is 0 Å². The zero-order valence-electron chi connectivity index (χ0n) is 12.2. The van der Waals surface area contributed by atoms with Crippen LogP contribution in [-0.2, 0) is 4.74 Å². The number of ether oxygens (including phenoxy) is 2. The van der Waals surface area contributed by atoms with Crippen LogP contribution < -0.4 is 10.1 Å². The zero-order chi connectivity index (χ0) is 13.8. The van der Waals surface area contributed by atoms with E-state index in [0.29, 0.717) is 19.3 Å². The first-order chi connectivity index (χ1) is 9.85. The highest BCUT2D eigenvalue weighted by atomic mass is 16.5. The molecule has 2 saturated heterocycles. The van der Waals surface area contributed by atoms with Crippen LogP contribution in [0, 0.1) is 5.92 Å². The summed E-state index contributed by atoms with van der Waals surface area (Å²) in [7, 11) is 1.69. The summed E-state index contributed by atoms with van der Waals surface area (Å²) in [6.07, 6.45) is 2.58. The molecule has 4 nitrogen and oxygen atoms in total. The second-order valence-electron chi connectivity index (χ2n) is 5.76. The van der Waals surface area contributed by atoms with E-state index in [1.807, 2.05) is 12.1 Å². The lowest BCUT2D eigenvalue weighted by Crippen LogP contribution is -2.39. The quantitative estimate of drug-likeness (QED) is 0.808. The number of hydrogen-bond donors (Lipinski definition) is 1. The first-order valence-corrected chi connectivity index (χ1v) is 7.56. The molecule has 3 atom stereocenters. The van der Waals surface area contributed by atoms with Gasteiger partial charge in [-0.25, -0.2) is 0 Å². The minimum Gasteiger partial charge on any atom is -0.491 e. The van der Waals surface area contributed by atoms with E-state index < -0.39 is 0 Å². The third-order valence-electron chi connectivity index (χ3n) is 4.38. The van der Waals surface area contributed by atoms with Gasteiger partial charge in [0.2, 0.25) is 0 Å². The number of hydrogen-bond acceptors (Lipinski definition) is 4. The normalized spacial score (nSPS) is 28.4. The highest BCUT2D eigenvalue weighted by molar-refractivity contribution is 5.49. The zero-order valence-corrected chi connectivity index (χ0v) is 12.2. The van der Waals surface area contributed by atoms with Crippen LogP contribution in [0.5, 0.6) is 5.75 Å². The molecule has 0 spiro atoms. The van der Waals surface area contributed by atoms with E-state index in [-0.39, 0.29) is 0 Å². The fourth-order valence-electron chi connectivity index (χ4n) is 3.27. The van der Waals surface area contributed by atoms with Crippen molar-refractivity contribution in [3.63, 3.8) is 0 Å². The van der Waals surface area contributed by atoms with Crippen LogP contribution in [0.3, 0.4) is 0 Å². The second kappa shape index (κ2) is 6.46. The largest absolute Gasteiger partial charge is 0.491 e. The number of benzene rings is 1. The summed E-state index contributed by atoms with van der Waals surface area (Å²) in [6, 6.07) is 8.89. The van der Waals surface area contributed by atoms with Crippen molar-refractivity contribution >= 4 is 5.69 Å². The van der Waals surface area contributed by atoms with Crippen molar-refractivity contribution in [1.29, 1.82) is 0 Å². The highest BCUT2D eigenvalue weighted by Gasteiger charge is 2.33. The molecule has 2 aliphatic rings. The lowest BCUT2D eigenvalue weighted by atomic mass is 9.94. The van der Waals surface area contributed by atoms with Crippen molar-refractivity contribution in [1.82, 2.24) is 4.90 Å². The Bertz CT molecular complexity index is 438. The summed E-state index contributed by atoms with van der Waals surface area (Å²) < 4.78 is 10.7. The molecule has 0 radical (unpaired) electrons. The van der Waals surface area contributed by atoms with Gasteiger partial charge in [0.1, 0.15) is 12.4 Å². The molecule has 0 aromatic heterocycles. The molecule has 1 aromatic carbocycles. The number of nitrogens with one attached hydrogen (secondary N) is 1. The van der Waals surface area contributed by atoms with E-state index in [1.54, 1.807) is 7.11 Å². The Morgan fingerprint density at radius 2 is 2.15 bits per heavy atom. The predicted molar refractivity (Wildman–Crippen MR) is 80.4 cm³/mol. The fourth-order valence-corrected chi connectivity index (χ4v) is 3.27. The molecule has 3 unspecified atom stereocenters. The highest BCUT2D eigenvalue weighted by Crippen LogP contribution is 2.30. The lowest BCUT2D eigenvalue weighted by Gasteiger charge is -2.31. The van der Waals surface area contributed by atoms with Crippen LogP contribution in [0.15, 0.2) is 24.3 Å². The minimum atomic E-state index is 0.598. The second-order valence-corrected chi connectivity index (χ2v) is 5.76. The van der Waals surface area contributed by atoms with E-state index >= 15 is 0 Å². The standard InChI is InChI=1S/C16H24N2O2/c1-19-9-10-20-15-4-2-3-14(11-15)17-16-6-8-18-7-5-13(16)12-18/h2-4,11,13,16-17H,5-10,12H2,1H3. The van der Waals surface area contributed by atoms with Gasteiger partial charge in [-0.1, -0.05) is 6.07 Å². The number of piperidine rings is 1. The monoisotopic (exact) mass is 276 g/mol. The Kier molecular flexibility index (Phi) is 4.43. The smallest absolute Gasteiger partial charge is 0.121 e. The molecule has 0 aliphatic carbocycles. The van der Waals surface area contributed by atoms with Gasteiger partial charge in [-0.05, 0) is 37.4 Å². The lowest BCUT2D eigenvalue weighted by molar-refractivity contribution is 0.146. The SMILES string of the molecule is COCCOc1cccc(NC2CCN3CCC2C3)c1. The van der Waals surface area contributed by atoms with Crippen molar-refractivity contribution in [2.45, 2.75) is 18.9 Å². The molecule has 110 valence electrons. The average Bonchev–Trinajstić information content (AvgIpc) is 2.86. The number of rotatable bonds is 6. The molecule has 2 aliphatic heterocycles. The van der Waals surface area contributed by atoms with Crippen molar-refractivity contribution in [3.8, 4) is 5.75 Å². The van der Waals surface area contributed by atoms with Gasteiger partial charge in [-0.15, -0.1) is 0 Å². The summed E-state index contributed by atoms with van der Waals surface area (Å²) in [4.78, 5) is 2.58. The van der Waals surface area contributed by atoms with Gasteiger partial charge in [0.15, 0.2) is 0 Å². The maximum Gasteiger partial charge on any atom is 0.121 e. The van der Waals surface area contributed by atoms with E-state index in [4.69, 9.17) is 9.47 Å². The van der Waals surface area contributed by atoms with Gasteiger partial charge in [0.25, 0.3) is 0 Å². The average molecular weight is 276 g/mol. The number of methoxy groups -OCH3 is 1. The molecule has 1 N–H and O–H groups in total. The Balaban J connectivity index is 1.58. The summed E-state index contributed by atoms with van der Waals surface area (Å²) >= 11 is 0. The van der Waals surface area contributed by atoms with E-state index in [1.165, 1.54) is 38.2 Å².